The van der Waals surface area contributed by atoms with Gasteiger partial charge >= 0.3 is 0 Å². The molecule has 3 aromatic carbocycles. The van der Waals surface area contributed by atoms with Crippen molar-refractivity contribution in [3.63, 3.8) is 0 Å². The molecular weight excluding hydrogens is 338 g/mol. The molecule has 0 spiro atoms. The van der Waals surface area contributed by atoms with Crippen LogP contribution in [0.15, 0.2) is 78.6 Å². The number of Topliss-reactive ketones (excluding diaryl/α,β-unsaturated/α-hetero) is 1. The standard InChI is InChI=1S/C23H15NO3/c25-18-11-6-12-19-21(18)23(26)20(27-19)13-16-15-9-4-5-10-17(15)24-22(16)14-7-2-1-3-8-14/h1-13,24-25H/b20-13-. The summed E-state index contributed by atoms with van der Waals surface area (Å²) in [5, 5.41) is 11.0. The van der Waals surface area contributed by atoms with Crippen molar-refractivity contribution in [1.82, 2.24) is 4.98 Å². The number of aromatic hydroxyl groups is 1. The number of para-hydroxylation sites is 1. The molecule has 0 radical (unpaired) electrons. The van der Waals surface area contributed by atoms with E-state index in [4.69, 9.17) is 4.74 Å². The Bertz CT molecular complexity index is 1220. The lowest BCUT2D eigenvalue weighted by Gasteiger charge is -2.03. The summed E-state index contributed by atoms with van der Waals surface area (Å²) in [4.78, 5) is 16.2. The van der Waals surface area contributed by atoms with Gasteiger partial charge in [-0.3, -0.25) is 4.79 Å². The number of aromatic nitrogens is 1. The summed E-state index contributed by atoms with van der Waals surface area (Å²) in [7, 11) is 0. The van der Waals surface area contributed by atoms with E-state index in [2.05, 4.69) is 4.98 Å². The number of ketones is 1. The van der Waals surface area contributed by atoms with Gasteiger partial charge in [-0.15, -0.1) is 0 Å². The number of ether oxygens (including phenoxy) is 1. The highest BCUT2D eigenvalue weighted by Crippen LogP contribution is 2.39. The molecule has 0 unspecified atom stereocenters. The fourth-order valence-electron chi connectivity index (χ4n) is 3.49. The summed E-state index contributed by atoms with van der Waals surface area (Å²) in [5.41, 5.74) is 4.01. The molecule has 0 saturated heterocycles. The van der Waals surface area contributed by atoms with Crippen molar-refractivity contribution in [2.45, 2.75) is 0 Å². The predicted molar refractivity (Wildman–Crippen MR) is 105 cm³/mol. The van der Waals surface area contributed by atoms with Gasteiger partial charge < -0.3 is 14.8 Å². The van der Waals surface area contributed by atoms with Crippen molar-refractivity contribution in [2.24, 2.45) is 0 Å². The van der Waals surface area contributed by atoms with Crippen LogP contribution in [0.25, 0.3) is 28.2 Å². The smallest absolute Gasteiger partial charge is 0.235 e. The Morgan fingerprint density at radius 1 is 0.889 bits per heavy atom. The molecule has 5 rings (SSSR count). The van der Waals surface area contributed by atoms with Crippen LogP contribution in [0.1, 0.15) is 15.9 Å². The highest BCUT2D eigenvalue weighted by Gasteiger charge is 2.30. The van der Waals surface area contributed by atoms with Crippen LogP contribution in [0.2, 0.25) is 0 Å². The number of H-pyrrole nitrogens is 1. The number of carbonyl (C=O) groups is 1. The first-order chi connectivity index (χ1) is 13.2. The van der Waals surface area contributed by atoms with Crippen LogP contribution in [-0.2, 0) is 0 Å². The Morgan fingerprint density at radius 2 is 1.67 bits per heavy atom. The summed E-state index contributed by atoms with van der Waals surface area (Å²) in [6.45, 7) is 0. The van der Waals surface area contributed by atoms with E-state index < -0.39 is 0 Å². The zero-order chi connectivity index (χ0) is 18.4. The van der Waals surface area contributed by atoms with E-state index in [-0.39, 0.29) is 22.9 Å². The monoisotopic (exact) mass is 353 g/mol. The summed E-state index contributed by atoms with van der Waals surface area (Å²) in [6.07, 6.45) is 1.75. The van der Waals surface area contributed by atoms with Crippen LogP contribution in [0.4, 0.5) is 0 Å². The lowest BCUT2D eigenvalue weighted by molar-refractivity contribution is 0.101. The average Bonchev–Trinajstić information content (AvgIpc) is 3.22. The number of aromatic amines is 1. The summed E-state index contributed by atoms with van der Waals surface area (Å²) >= 11 is 0. The van der Waals surface area contributed by atoms with Gasteiger partial charge in [-0.2, -0.15) is 0 Å². The van der Waals surface area contributed by atoms with Crippen molar-refractivity contribution in [1.29, 1.82) is 0 Å². The van der Waals surface area contributed by atoms with Crippen molar-refractivity contribution < 1.29 is 14.6 Å². The molecule has 0 aliphatic carbocycles. The van der Waals surface area contributed by atoms with E-state index in [0.29, 0.717) is 5.75 Å². The predicted octanol–water partition coefficient (Wildman–Crippen LogP) is 5.16. The third kappa shape index (κ3) is 2.42. The first-order valence-electron chi connectivity index (χ1n) is 8.65. The van der Waals surface area contributed by atoms with Gasteiger partial charge in [0.1, 0.15) is 17.1 Å². The number of hydrogen-bond acceptors (Lipinski definition) is 3. The topological polar surface area (TPSA) is 62.3 Å². The Labute approximate surface area is 155 Å². The molecule has 2 heterocycles. The van der Waals surface area contributed by atoms with E-state index in [9.17, 15) is 9.90 Å². The van der Waals surface area contributed by atoms with Gasteiger partial charge in [-0.1, -0.05) is 54.6 Å². The number of nitrogens with one attached hydrogen (secondary N) is 1. The summed E-state index contributed by atoms with van der Waals surface area (Å²) < 4.78 is 5.75. The van der Waals surface area contributed by atoms with Crippen LogP contribution in [-0.4, -0.2) is 15.9 Å². The van der Waals surface area contributed by atoms with Crippen molar-refractivity contribution >= 4 is 22.8 Å². The molecule has 0 saturated carbocycles. The minimum Gasteiger partial charge on any atom is -0.507 e. The molecule has 0 fully saturated rings. The number of rotatable bonds is 2. The molecule has 1 aliphatic rings. The molecule has 27 heavy (non-hydrogen) atoms. The second-order valence-corrected chi connectivity index (χ2v) is 6.42. The number of phenols is 1. The fraction of sp³-hybridized carbons (Fsp3) is 0. The van der Waals surface area contributed by atoms with Gasteiger partial charge in [0.05, 0.1) is 5.69 Å². The second-order valence-electron chi connectivity index (χ2n) is 6.42. The minimum absolute atomic E-state index is 0.0666. The maximum atomic E-state index is 12.8. The maximum Gasteiger partial charge on any atom is 0.235 e. The van der Waals surface area contributed by atoms with Gasteiger partial charge in [-0.05, 0) is 29.8 Å². The molecule has 130 valence electrons. The van der Waals surface area contributed by atoms with Gasteiger partial charge in [0, 0.05) is 16.5 Å². The number of hydrogen-bond donors (Lipinski definition) is 2. The van der Waals surface area contributed by atoms with E-state index >= 15 is 0 Å². The third-order valence-corrected chi connectivity index (χ3v) is 4.76. The Balaban J connectivity index is 1.71. The van der Waals surface area contributed by atoms with Crippen LogP contribution in [0, 0.1) is 0 Å². The lowest BCUT2D eigenvalue weighted by atomic mass is 10.0. The van der Waals surface area contributed by atoms with Crippen LogP contribution < -0.4 is 4.74 Å². The first-order valence-corrected chi connectivity index (χ1v) is 8.65. The summed E-state index contributed by atoms with van der Waals surface area (Å²) in [6, 6.07) is 22.7. The molecule has 4 heteroatoms. The Hall–Kier alpha value is -3.79. The SMILES string of the molecule is O=C1/C(=C/c2c(-c3ccccc3)[nH]c3ccccc23)Oc2cccc(O)c21. The highest BCUT2D eigenvalue weighted by molar-refractivity contribution is 6.17. The molecule has 1 aliphatic heterocycles. The average molecular weight is 353 g/mol. The van der Waals surface area contributed by atoms with E-state index in [1.54, 1.807) is 18.2 Å². The molecule has 0 bridgehead atoms. The van der Waals surface area contributed by atoms with Crippen molar-refractivity contribution in [3.8, 4) is 22.8 Å². The molecule has 4 nitrogen and oxygen atoms in total. The number of benzene rings is 3. The minimum atomic E-state index is -0.313. The van der Waals surface area contributed by atoms with Crippen LogP contribution in [0.3, 0.4) is 0 Å². The number of phenolic OH excluding ortho intramolecular Hbond substituents is 1. The molecule has 1 aromatic heterocycles. The first kappa shape index (κ1) is 15.5. The quantitative estimate of drug-likeness (QED) is 0.490. The zero-order valence-electron chi connectivity index (χ0n) is 14.3. The van der Waals surface area contributed by atoms with E-state index in [0.717, 1.165) is 27.7 Å². The van der Waals surface area contributed by atoms with E-state index in [1.807, 2.05) is 54.6 Å². The highest BCUT2D eigenvalue weighted by atomic mass is 16.5. The normalized spacial score (nSPS) is 14.5. The van der Waals surface area contributed by atoms with Gasteiger partial charge in [0.15, 0.2) is 5.76 Å². The maximum absolute atomic E-state index is 12.8. The van der Waals surface area contributed by atoms with Gasteiger partial charge in [0.25, 0.3) is 0 Å². The molecular formula is C23H15NO3. The summed E-state index contributed by atoms with van der Waals surface area (Å²) in [5.74, 6) is 0.205. The Kier molecular flexibility index (Phi) is 3.37. The van der Waals surface area contributed by atoms with Gasteiger partial charge in [0.2, 0.25) is 5.78 Å². The molecule has 0 amide bonds. The molecule has 4 aromatic rings. The van der Waals surface area contributed by atoms with E-state index in [1.165, 1.54) is 6.07 Å². The molecule has 0 atom stereocenters. The van der Waals surface area contributed by atoms with Crippen LogP contribution in [0.5, 0.6) is 11.5 Å². The second kappa shape index (κ2) is 5.88. The number of allylic oxidation sites excluding steroid dienone is 1. The number of carbonyl (C=O) groups excluding carboxylic acids is 1. The number of fused-ring (bicyclic) bond motifs is 2. The van der Waals surface area contributed by atoms with Crippen molar-refractivity contribution in [3.05, 3.63) is 89.7 Å². The van der Waals surface area contributed by atoms with Crippen LogP contribution >= 0.6 is 0 Å². The largest absolute Gasteiger partial charge is 0.507 e. The zero-order valence-corrected chi connectivity index (χ0v) is 14.3. The van der Waals surface area contributed by atoms with Crippen molar-refractivity contribution in [2.75, 3.05) is 0 Å². The third-order valence-electron chi connectivity index (χ3n) is 4.76. The fourth-order valence-corrected chi connectivity index (χ4v) is 3.49. The Morgan fingerprint density at radius 3 is 2.48 bits per heavy atom. The molecule has 2 N–H and O–H groups in total. The van der Waals surface area contributed by atoms with Gasteiger partial charge in [-0.25, -0.2) is 0 Å². The lowest BCUT2D eigenvalue weighted by Crippen LogP contribution is -1.98.